The summed E-state index contributed by atoms with van der Waals surface area (Å²) in [6.07, 6.45) is -0.838. The molecule has 0 spiro atoms. The van der Waals surface area contributed by atoms with E-state index in [1.54, 1.807) is 19.2 Å². The Morgan fingerprint density at radius 3 is 2.56 bits per heavy atom. The summed E-state index contributed by atoms with van der Waals surface area (Å²) in [5, 5.41) is 22.2. The van der Waals surface area contributed by atoms with Gasteiger partial charge in [0.15, 0.2) is 0 Å². The smallest absolute Gasteiger partial charge is 0.255 e. The minimum Gasteiger partial charge on any atom is -0.507 e. The molecule has 0 aromatic heterocycles. The number of aryl methyl sites for hydroxylation is 1. The highest BCUT2D eigenvalue weighted by Crippen LogP contribution is 2.18. The number of aliphatic hydroxyl groups is 1. The lowest BCUT2D eigenvalue weighted by Crippen LogP contribution is -2.34. The number of rotatable bonds is 8. The van der Waals surface area contributed by atoms with E-state index in [2.05, 4.69) is 5.32 Å². The Morgan fingerprint density at radius 1 is 1.20 bits per heavy atom. The lowest BCUT2D eigenvalue weighted by Gasteiger charge is -2.13. The third kappa shape index (κ3) is 5.77. The molecular formula is C19H23NO5. The number of ether oxygens (including phenoxy) is 2. The van der Waals surface area contributed by atoms with Gasteiger partial charge in [0.25, 0.3) is 5.91 Å². The number of hydrogen-bond acceptors (Lipinski definition) is 5. The van der Waals surface area contributed by atoms with Crippen molar-refractivity contribution < 1.29 is 24.5 Å². The summed E-state index contributed by atoms with van der Waals surface area (Å²) < 4.78 is 10.5. The van der Waals surface area contributed by atoms with E-state index in [9.17, 15) is 15.0 Å². The summed E-state index contributed by atoms with van der Waals surface area (Å²) >= 11 is 0. The number of benzene rings is 2. The predicted molar refractivity (Wildman–Crippen MR) is 93.8 cm³/mol. The molecule has 0 aliphatic heterocycles. The maximum Gasteiger partial charge on any atom is 0.255 e. The van der Waals surface area contributed by atoms with Crippen LogP contribution in [0.25, 0.3) is 0 Å². The molecule has 0 aliphatic rings. The van der Waals surface area contributed by atoms with Gasteiger partial charge in [0, 0.05) is 6.54 Å². The Hall–Kier alpha value is -2.57. The fraction of sp³-hybridized carbons (Fsp3) is 0.316. The zero-order chi connectivity index (χ0) is 18.2. The largest absolute Gasteiger partial charge is 0.507 e. The number of phenolic OH excluding ortho intramolecular Hbond substituents is 1. The first-order chi connectivity index (χ1) is 12.0. The van der Waals surface area contributed by atoms with Crippen LogP contribution in [0.5, 0.6) is 11.5 Å². The van der Waals surface area contributed by atoms with Gasteiger partial charge in [-0.1, -0.05) is 18.2 Å². The molecule has 0 radical (unpaired) electrons. The number of hydrogen-bond donors (Lipinski definition) is 3. The van der Waals surface area contributed by atoms with Gasteiger partial charge >= 0.3 is 0 Å². The molecule has 2 aromatic rings. The van der Waals surface area contributed by atoms with Gasteiger partial charge in [-0.2, -0.15) is 0 Å². The molecule has 0 heterocycles. The lowest BCUT2D eigenvalue weighted by atomic mass is 10.1. The summed E-state index contributed by atoms with van der Waals surface area (Å²) in [5.74, 6) is 0.250. The zero-order valence-electron chi connectivity index (χ0n) is 14.4. The molecule has 0 saturated carbocycles. The second kappa shape index (κ2) is 9.05. The van der Waals surface area contributed by atoms with Crippen molar-refractivity contribution in [3.8, 4) is 11.5 Å². The molecular weight excluding hydrogens is 322 g/mol. The third-order valence-corrected chi connectivity index (χ3v) is 3.63. The quantitative estimate of drug-likeness (QED) is 0.681. The van der Waals surface area contributed by atoms with Gasteiger partial charge in [-0.3, -0.25) is 4.79 Å². The molecule has 134 valence electrons. The van der Waals surface area contributed by atoms with Crippen LogP contribution in [-0.2, 0) is 11.3 Å². The van der Waals surface area contributed by atoms with Crippen LogP contribution in [0.2, 0.25) is 0 Å². The molecule has 2 rings (SSSR count). The van der Waals surface area contributed by atoms with Crippen LogP contribution < -0.4 is 10.1 Å². The maximum absolute atomic E-state index is 12.0. The molecule has 0 bridgehead atoms. The zero-order valence-corrected chi connectivity index (χ0v) is 14.4. The molecule has 0 aliphatic carbocycles. The maximum atomic E-state index is 12.0. The Labute approximate surface area is 147 Å². The fourth-order valence-electron chi connectivity index (χ4n) is 2.23. The van der Waals surface area contributed by atoms with Gasteiger partial charge in [-0.05, 0) is 42.3 Å². The molecule has 1 atom stereocenters. The van der Waals surface area contributed by atoms with E-state index in [1.807, 2.05) is 31.2 Å². The Kier molecular flexibility index (Phi) is 6.80. The first-order valence-electron chi connectivity index (χ1n) is 7.96. The van der Waals surface area contributed by atoms with Crippen molar-refractivity contribution in [2.24, 2.45) is 0 Å². The van der Waals surface area contributed by atoms with Crippen LogP contribution >= 0.6 is 0 Å². The molecule has 1 unspecified atom stereocenters. The molecule has 25 heavy (non-hydrogen) atoms. The number of carbonyl (C=O) groups is 1. The summed E-state index contributed by atoms with van der Waals surface area (Å²) in [6, 6.07) is 12.2. The first-order valence-corrected chi connectivity index (χ1v) is 7.96. The normalized spacial score (nSPS) is 11.8. The second-order valence-corrected chi connectivity index (χ2v) is 5.75. The molecule has 0 fully saturated rings. The Balaban J connectivity index is 1.72. The van der Waals surface area contributed by atoms with E-state index in [-0.39, 0.29) is 24.5 Å². The van der Waals surface area contributed by atoms with Gasteiger partial charge in [0.05, 0.1) is 32.0 Å². The summed E-state index contributed by atoms with van der Waals surface area (Å²) in [4.78, 5) is 12.0. The average Bonchev–Trinajstić information content (AvgIpc) is 2.60. The molecule has 6 nitrogen and oxygen atoms in total. The monoisotopic (exact) mass is 345 g/mol. The number of aromatic hydroxyl groups is 1. The SMILES string of the molecule is COc1ccc(COCC(O)CNC(=O)c2ccc(C)cc2O)cc1. The van der Waals surface area contributed by atoms with Crippen LogP contribution in [0.4, 0.5) is 0 Å². The van der Waals surface area contributed by atoms with Crippen molar-refractivity contribution in [1.82, 2.24) is 5.32 Å². The van der Waals surface area contributed by atoms with E-state index < -0.39 is 12.0 Å². The van der Waals surface area contributed by atoms with E-state index >= 15 is 0 Å². The van der Waals surface area contributed by atoms with E-state index in [0.717, 1.165) is 16.9 Å². The predicted octanol–water partition coefficient (Wildman–Crippen LogP) is 2.02. The lowest BCUT2D eigenvalue weighted by molar-refractivity contribution is 0.0285. The topological polar surface area (TPSA) is 88.0 Å². The van der Waals surface area contributed by atoms with Crippen molar-refractivity contribution in [3.63, 3.8) is 0 Å². The first kappa shape index (κ1) is 18.8. The summed E-state index contributed by atoms with van der Waals surface area (Å²) in [7, 11) is 1.60. The molecule has 1 amide bonds. The van der Waals surface area contributed by atoms with Crippen molar-refractivity contribution in [3.05, 3.63) is 59.2 Å². The van der Waals surface area contributed by atoms with Crippen LogP contribution in [0.1, 0.15) is 21.5 Å². The van der Waals surface area contributed by atoms with Crippen molar-refractivity contribution in [2.45, 2.75) is 19.6 Å². The number of aliphatic hydroxyl groups excluding tert-OH is 1. The third-order valence-electron chi connectivity index (χ3n) is 3.63. The van der Waals surface area contributed by atoms with E-state index in [4.69, 9.17) is 9.47 Å². The van der Waals surface area contributed by atoms with Gasteiger partial charge in [0.2, 0.25) is 0 Å². The number of nitrogens with one attached hydrogen (secondary N) is 1. The highest BCUT2D eigenvalue weighted by Gasteiger charge is 2.13. The fourth-order valence-corrected chi connectivity index (χ4v) is 2.23. The summed E-state index contributed by atoms with van der Waals surface area (Å²) in [5.41, 5.74) is 2.00. The number of phenols is 1. The highest BCUT2D eigenvalue weighted by atomic mass is 16.5. The van der Waals surface area contributed by atoms with Crippen LogP contribution in [0, 0.1) is 6.92 Å². The van der Waals surface area contributed by atoms with Crippen LogP contribution in [0.3, 0.4) is 0 Å². The van der Waals surface area contributed by atoms with Crippen LogP contribution in [0.15, 0.2) is 42.5 Å². The molecule has 6 heteroatoms. The minimum absolute atomic E-state index is 0.0365. The van der Waals surface area contributed by atoms with Gasteiger partial charge < -0.3 is 25.0 Å². The molecule has 3 N–H and O–H groups in total. The molecule has 2 aromatic carbocycles. The van der Waals surface area contributed by atoms with Crippen molar-refractivity contribution in [1.29, 1.82) is 0 Å². The number of amides is 1. The van der Waals surface area contributed by atoms with Gasteiger partial charge in [0.1, 0.15) is 11.5 Å². The van der Waals surface area contributed by atoms with Gasteiger partial charge in [-0.25, -0.2) is 0 Å². The average molecular weight is 345 g/mol. The van der Waals surface area contributed by atoms with E-state index in [0.29, 0.717) is 6.61 Å². The van der Waals surface area contributed by atoms with Crippen molar-refractivity contribution >= 4 is 5.91 Å². The Bertz CT molecular complexity index is 699. The van der Waals surface area contributed by atoms with Crippen molar-refractivity contribution in [2.75, 3.05) is 20.3 Å². The van der Waals surface area contributed by atoms with Gasteiger partial charge in [-0.15, -0.1) is 0 Å². The summed E-state index contributed by atoms with van der Waals surface area (Å²) in [6.45, 7) is 2.31. The highest BCUT2D eigenvalue weighted by molar-refractivity contribution is 5.96. The number of carbonyl (C=O) groups excluding carboxylic acids is 1. The Morgan fingerprint density at radius 2 is 1.92 bits per heavy atom. The second-order valence-electron chi connectivity index (χ2n) is 5.75. The van der Waals surface area contributed by atoms with E-state index in [1.165, 1.54) is 6.07 Å². The standard InChI is InChI=1S/C19H23NO5/c1-13-3-8-17(18(22)9-13)19(23)20-10-15(21)12-25-11-14-4-6-16(24-2)7-5-14/h3-9,15,21-22H,10-12H2,1-2H3,(H,20,23). The minimum atomic E-state index is -0.838. The molecule has 0 saturated heterocycles. The number of methoxy groups -OCH3 is 1. The van der Waals surface area contributed by atoms with Crippen LogP contribution in [-0.4, -0.2) is 42.5 Å².